The number of hydrogen-bond donors (Lipinski definition) is 3. The first-order valence-corrected chi connectivity index (χ1v) is 10.9. The maximum absolute atomic E-state index is 12.3. The minimum atomic E-state index is -0.490. The number of piperazine rings is 1. The summed E-state index contributed by atoms with van der Waals surface area (Å²) in [5.74, 6) is 0.899. The number of hydrogen-bond acceptors (Lipinski definition) is 6. The number of likely N-dealkylation sites (N-methyl/N-ethyl adjacent to an activating group) is 1. The maximum atomic E-state index is 12.3. The second kappa shape index (κ2) is 10.0. The molecule has 32 heavy (non-hydrogen) atoms. The van der Waals surface area contributed by atoms with E-state index >= 15 is 0 Å². The van der Waals surface area contributed by atoms with Crippen LogP contribution in [-0.2, 0) is 0 Å². The van der Waals surface area contributed by atoms with Gasteiger partial charge < -0.3 is 20.4 Å². The van der Waals surface area contributed by atoms with Crippen molar-refractivity contribution in [1.29, 1.82) is 0 Å². The highest BCUT2D eigenvalue weighted by atomic mass is 35.5. The fourth-order valence-corrected chi connectivity index (χ4v) is 3.68. The Bertz CT molecular complexity index is 1090. The SMILES string of the molecule is CN1CCN(c2ccc(Nc3cc(NC(=O)Nc4cccc(Cl)c4Cl)ncn3)cc2)CC1. The van der Waals surface area contributed by atoms with Gasteiger partial charge in [-0.1, -0.05) is 29.3 Å². The first-order chi connectivity index (χ1) is 15.5. The number of halogens is 2. The minimum absolute atomic E-state index is 0.273. The molecule has 2 amide bonds. The second-order valence-corrected chi connectivity index (χ2v) is 8.22. The summed E-state index contributed by atoms with van der Waals surface area (Å²) < 4.78 is 0. The number of carbonyl (C=O) groups excluding carboxylic acids is 1. The van der Waals surface area contributed by atoms with Crippen molar-refractivity contribution in [2.24, 2.45) is 0 Å². The Kier molecular flexibility index (Phi) is 6.94. The molecular formula is C22H23Cl2N7O. The molecule has 1 fully saturated rings. The fraction of sp³-hybridized carbons (Fsp3) is 0.227. The van der Waals surface area contributed by atoms with Crippen molar-refractivity contribution in [3.8, 4) is 0 Å². The molecule has 1 aliphatic heterocycles. The lowest BCUT2D eigenvalue weighted by Gasteiger charge is -2.34. The monoisotopic (exact) mass is 471 g/mol. The molecule has 0 saturated carbocycles. The molecule has 3 aromatic rings. The van der Waals surface area contributed by atoms with Gasteiger partial charge in [-0.05, 0) is 43.4 Å². The van der Waals surface area contributed by atoms with Crippen LogP contribution in [-0.4, -0.2) is 54.1 Å². The van der Waals surface area contributed by atoms with E-state index < -0.39 is 6.03 Å². The van der Waals surface area contributed by atoms with Crippen LogP contribution in [0.2, 0.25) is 10.0 Å². The summed E-state index contributed by atoms with van der Waals surface area (Å²) in [4.78, 5) is 25.3. The highest BCUT2D eigenvalue weighted by Gasteiger charge is 2.14. The molecule has 0 spiro atoms. The van der Waals surface area contributed by atoms with Crippen molar-refractivity contribution in [3.63, 3.8) is 0 Å². The second-order valence-electron chi connectivity index (χ2n) is 7.43. The quantitative estimate of drug-likeness (QED) is 0.489. The van der Waals surface area contributed by atoms with Gasteiger partial charge in [-0.25, -0.2) is 14.8 Å². The molecule has 1 aromatic heterocycles. The van der Waals surface area contributed by atoms with Gasteiger partial charge in [0.25, 0.3) is 0 Å². The number of amides is 2. The number of anilines is 5. The first-order valence-electron chi connectivity index (χ1n) is 10.1. The predicted molar refractivity (Wildman–Crippen MR) is 131 cm³/mol. The predicted octanol–water partition coefficient (Wildman–Crippen LogP) is 4.92. The van der Waals surface area contributed by atoms with Crippen LogP contribution < -0.4 is 20.9 Å². The molecule has 4 rings (SSSR count). The molecule has 1 aliphatic rings. The average Bonchev–Trinajstić information content (AvgIpc) is 2.78. The van der Waals surface area contributed by atoms with Crippen LogP contribution in [0, 0.1) is 0 Å². The van der Waals surface area contributed by atoms with E-state index in [1.165, 1.54) is 12.0 Å². The molecule has 0 aliphatic carbocycles. The molecular weight excluding hydrogens is 449 g/mol. The van der Waals surface area contributed by atoms with Gasteiger partial charge in [0, 0.05) is 43.6 Å². The van der Waals surface area contributed by atoms with E-state index in [9.17, 15) is 4.79 Å². The standard InChI is InChI=1S/C22H23Cl2N7O/c1-30-9-11-31(12-10-30)16-7-5-15(6-8-16)27-19-13-20(26-14-25-19)29-22(32)28-18-4-2-3-17(23)21(18)24/h2-8,13-14H,9-12H2,1H3,(H3,25,26,27,28,29,32). The Morgan fingerprint density at radius 1 is 0.938 bits per heavy atom. The van der Waals surface area contributed by atoms with Crippen LogP contribution in [0.3, 0.4) is 0 Å². The number of aromatic nitrogens is 2. The molecule has 8 nitrogen and oxygen atoms in total. The number of nitrogens with one attached hydrogen (secondary N) is 3. The lowest BCUT2D eigenvalue weighted by molar-refractivity contribution is 0.262. The number of rotatable bonds is 5. The Morgan fingerprint density at radius 3 is 2.41 bits per heavy atom. The number of urea groups is 1. The minimum Gasteiger partial charge on any atom is -0.369 e. The molecule has 0 radical (unpaired) electrons. The normalized spacial score (nSPS) is 14.2. The van der Waals surface area contributed by atoms with Crippen molar-refractivity contribution >= 4 is 57.9 Å². The Balaban J connectivity index is 1.36. The Hall–Kier alpha value is -3.07. The molecule has 0 bridgehead atoms. The Morgan fingerprint density at radius 2 is 1.66 bits per heavy atom. The number of carbonyl (C=O) groups is 1. The zero-order chi connectivity index (χ0) is 22.5. The lowest BCUT2D eigenvalue weighted by atomic mass is 10.2. The molecule has 3 N–H and O–H groups in total. The third-order valence-electron chi connectivity index (χ3n) is 5.12. The van der Waals surface area contributed by atoms with E-state index in [-0.39, 0.29) is 5.02 Å². The van der Waals surface area contributed by atoms with Crippen molar-refractivity contribution in [2.75, 3.05) is 54.1 Å². The summed E-state index contributed by atoms with van der Waals surface area (Å²) >= 11 is 12.1. The number of nitrogens with zero attached hydrogens (tertiary/aromatic N) is 4. The van der Waals surface area contributed by atoms with E-state index in [0.717, 1.165) is 31.9 Å². The van der Waals surface area contributed by atoms with Crippen LogP contribution >= 0.6 is 23.2 Å². The van der Waals surface area contributed by atoms with Gasteiger partial charge in [-0.2, -0.15) is 0 Å². The zero-order valence-electron chi connectivity index (χ0n) is 17.5. The van der Waals surface area contributed by atoms with Crippen LogP contribution in [0.1, 0.15) is 0 Å². The van der Waals surface area contributed by atoms with Crippen LogP contribution in [0.5, 0.6) is 0 Å². The van der Waals surface area contributed by atoms with Crippen molar-refractivity contribution in [2.45, 2.75) is 0 Å². The summed E-state index contributed by atoms with van der Waals surface area (Å²) in [6, 6.07) is 14.4. The summed E-state index contributed by atoms with van der Waals surface area (Å²) in [5.41, 5.74) is 2.50. The van der Waals surface area contributed by atoms with Gasteiger partial charge >= 0.3 is 6.03 Å². The summed E-state index contributed by atoms with van der Waals surface area (Å²) in [7, 11) is 2.14. The molecule has 2 heterocycles. The first kappa shape index (κ1) is 22.1. The zero-order valence-corrected chi connectivity index (χ0v) is 19.0. The van der Waals surface area contributed by atoms with Gasteiger partial charge in [0.15, 0.2) is 0 Å². The third-order valence-corrected chi connectivity index (χ3v) is 5.94. The fourth-order valence-electron chi connectivity index (χ4n) is 3.33. The molecule has 10 heteroatoms. The van der Waals surface area contributed by atoms with Crippen molar-refractivity contribution < 1.29 is 4.79 Å². The summed E-state index contributed by atoms with van der Waals surface area (Å²) in [6.07, 6.45) is 1.38. The smallest absolute Gasteiger partial charge is 0.324 e. The van der Waals surface area contributed by atoms with Gasteiger partial charge in [0.1, 0.15) is 18.0 Å². The van der Waals surface area contributed by atoms with E-state index in [2.05, 4.69) is 54.9 Å². The van der Waals surface area contributed by atoms with Gasteiger partial charge in [0.05, 0.1) is 15.7 Å². The maximum Gasteiger partial charge on any atom is 0.324 e. The summed E-state index contributed by atoms with van der Waals surface area (Å²) in [5, 5.41) is 9.18. The molecule has 0 atom stereocenters. The Labute approximate surface area is 196 Å². The van der Waals surface area contributed by atoms with Gasteiger partial charge in [-0.3, -0.25) is 5.32 Å². The van der Waals surface area contributed by atoms with Crippen LogP contribution in [0.4, 0.5) is 33.5 Å². The lowest BCUT2D eigenvalue weighted by Crippen LogP contribution is -2.44. The topological polar surface area (TPSA) is 85.4 Å². The van der Waals surface area contributed by atoms with Gasteiger partial charge in [0.2, 0.25) is 0 Å². The molecule has 1 saturated heterocycles. The third kappa shape index (κ3) is 5.59. The van der Waals surface area contributed by atoms with Crippen molar-refractivity contribution in [3.05, 3.63) is 64.9 Å². The highest BCUT2D eigenvalue weighted by molar-refractivity contribution is 6.44. The summed E-state index contributed by atoms with van der Waals surface area (Å²) in [6.45, 7) is 4.17. The molecule has 2 aromatic carbocycles. The molecule has 166 valence electrons. The van der Waals surface area contributed by atoms with Crippen LogP contribution in [0.25, 0.3) is 0 Å². The van der Waals surface area contributed by atoms with E-state index in [1.54, 1.807) is 24.3 Å². The number of benzene rings is 2. The van der Waals surface area contributed by atoms with E-state index in [0.29, 0.717) is 22.3 Å². The van der Waals surface area contributed by atoms with Crippen molar-refractivity contribution in [1.82, 2.24) is 14.9 Å². The van der Waals surface area contributed by atoms with Gasteiger partial charge in [-0.15, -0.1) is 0 Å². The average molecular weight is 472 g/mol. The molecule has 0 unspecified atom stereocenters. The van der Waals surface area contributed by atoms with E-state index in [1.807, 2.05) is 12.1 Å². The highest BCUT2D eigenvalue weighted by Crippen LogP contribution is 2.29. The van der Waals surface area contributed by atoms with E-state index in [4.69, 9.17) is 23.2 Å². The largest absolute Gasteiger partial charge is 0.369 e. The van der Waals surface area contributed by atoms with Crippen LogP contribution in [0.15, 0.2) is 54.9 Å².